The summed E-state index contributed by atoms with van der Waals surface area (Å²) in [6.45, 7) is 0.678. The van der Waals surface area contributed by atoms with E-state index in [-0.39, 0.29) is 18.5 Å². The summed E-state index contributed by atoms with van der Waals surface area (Å²) < 4.78 is 10.8. The lowest BCUT2D eigenvalue weighted by molar-refractivity contribution is -0.133. The van der Waals surface area contributed by atoms with E-state index in [0.717, 1.165) is 19.3 Å². The van der Waals surface area contributed by atoms with Gasteiger partial charge in [-0.15, -0.1) is 0 Å². The first kappa shape index (κ1) is 6.58. The molecular formula is C7H12O3. The molecule has 2 atom stereocenters. The van der Waals surface area contributed by atoms with Crippen molar-refractivity contribution >= 4 is 0 Å². The molecule has 0 spiro atoms. The average molecular weight is 144 g/mol. The Hall–Kier alpha value is -0.120. The molecule has 3 heteroatoms. The molecule has 0 saturated carbocycles. The van der Waals surface area contributed by atoms with Crippen molar-refractivity contribution in [1.29, 1.82) is 0 Å². The van der Waals surface area contributed by atoms with Gasteiger partial charge in [0.2, 0.25) is 0 Å². The Morgan fingerprint density at radius 1 is 1.60 bits per heavy atom. The zero-order chi connectivity index (χ0) is 7.03. The molecule has 2 rings (SSSR count). The summed E-state index contributed by atoms with van der Waals surface area (Å²) in [6.07, 6.45) is 3.02. The lowest BCUT2D eigenvalue weighted by Gasteiger charge is -2.28. The van der Waals surface area contributed by atoms with Crippen LogP contribution in [0, 0.1) is 0 Å². The third kappa shape index (κ3) is 0.856. The van der Waals surface area contributed by atoms with Gasteiger partial charge in [0, 0.05) is 0 Å². The van der Waals surface area contributed by atoms with Crippen molar-refractivity contribution in [3.8, 4) is 0 Å². The Bertz CT molecular complexity index is 133. The van der Waals surface area contributed by atoms with Crippen LogP contribution < -0.4 is 0 Å². The van der Waals surface area contributed by atoms with Crippen LogP contribution in [0.5, 0.6) is 0 Å². The van der Waals surface area contributed by atoms with E-state index in [1.165, 1.54) is 0 Å². The average Bonchev–Trinajstić information content (AvgIpc) is 2.29. The largest absolute Gasteiger partial charge is 0.393 e. The lowest BCUT2D eigenvalue weighted by Crippen LogP contribution is -2.38. The summed E-state index contributed by atoms with van der Waals surface area (Å²) in [5.74, 6) is 0. The Morgan fingerprint density at radius 3 is 3.20 bits per heavy atom. The summed E-state index contributed by atoms with van der Waals surface area (Å²) >= 11 is 0. The van der Waals surface area contributed by atoms with Crippen LogP contribution in [0.2, 0.25) is 0 Å². The monoisotopic (exact) mass is 144 g/mol. The highest BCUT2D eigenvalue weighted by atomic mass is 16.7. The van der Waals surface area contributed by atoms with Crippen LogP contribution in [0.15, 0.2) is 0 Å². The Morgan fingerprint density at radius 2 is 2.50 bits per heavy atom. The van der Waals surface area contributed by atoms with E-state index in [4.69, 9.17) is 14.6 Å². The molecule has 10 heavy (non-hydrogen) atoms. The molecule has 0 aromatic rings. The minimum atomic E-state index is -0.330. The number of ether oxygens (including phenoxy) is 2. The normalized spacial score (nSPS) is 45.9. The van der Waals surface area contributed by atoms with Crippen LogP contribution >= 0.6 is 0 Å². The van der Waals surface area contributed by atoms with Gasteiger partial charge in [-0.05, 0) is 19.3 Å². The molecular weight excluding hydrogens is 132 g/mol. The zero-order valence-electron chi connectivity index (χ0n) is 5.88. The number of aliphatic hydroxyl groups is 1. The number of rotatable bonds is 1. The second-order valence-electron chi connectivity index (χ2n) is 3.09. The molecule has 0 amide bonds. The lowest BCUT2D eigenvalue weighted by atomic mass is 9.97. The van der Waals surface area contributed by atoms with E-state index < -0.39 is 0 Å². The predicted molar refractivity (Wildman–Crippen MR) is 34.5 cm³/mol. The van der Waals surface area contributed by atoms with E-state index in [2.05, 4.69) is 0 Å². The Kier molecular flexibility index (Phi) is 1.44. The van der Waals surface area contributed by atoms with E-state index in [1.54, 1.807) is 0 Å². The van der Waals surface area contributed by atoms with Gasteiger partial charge in [0.05, 0.1) is 13.2 Å². The number of aliphatic hydroxyl groups excluding tert-OH is 1. The first-order valence-electron chi connectivity index (χ1n) is 3.75. The molecule has 2 heterocycles. The maximum atomic E-state index is 8.96. The maximum absolute atomic E-state index is 8.96. The number of hydrogen-bond donors (Lipinski definition) is 1. The van der Waals surface area contributed by atoms with Gasteiger partial charge in [0.1, 0.15) is 5.60 Å². The number of hydrogen-bond acceptors (Lipinski definition) is 3. The highest BCUT2D eigenvalue weighted by Gasteiger charge is 2.43. The molecule has 2 fully saturated rings. The smallest absolute Gasteiger partial charge is 0.158 e. The Balaban J connectivity index is 2.10. The summed E-state index contributed by atoms with van der Waals surface area (Å²) in [4.78, 5) is 0. The van der Waals surface area contributed by atoms with Gasteiger partial charge in [-0.3, -0.25) is 0 Å². The molecule has 0 aliphatic carbocycles. The molecule has 0 aromatic carbocycles. The van der Waals surface area contributed by atoms with Gasteiger partial charge in [-0.2, -0.15) is 0 Å². The molecule has 2 saturated heterocycles. The van der Waals surface area contributed by atoms with E-state index in [1.807, 2.05) is 0 Å². The van der Waals surface area contributed by atoms with Crippen molar-refractivity contribution in [2.75, 3.05) is 13.2 Å². The van der Waals surface area contributed by atoms with Crippen molar-refractivity contribution in [3.05, 3.63) is 0 Å². The highest BCUT2D eigenvalue weighted by molar-refractivity contribution is 4.88. The van der Waals surface area contributed by atoms with Crippen LogP contribution in [0.25, 0.3) is 0 Å². The molecule has 2 aliphatic rings. The van der Waals surface area contributed by atoms with Gasteiger partial charge in [-0.1, -0.05) is 0 Å². The van der Waals surface area contributed by atoms with Crippen LogP contribution in [-0.4, -0.2) is 30.2 Å². The third-order valence-electron chi connectivity index (χ3n) is 2.27. The minimum Gasteiger partial charge on any atom is -0.393 e. The van der Waals surface area contributed by atoms with Gasteiger partial charge >= 0.3 is 0 Å². The standard InChI is InChI=1S/C7H12O3/c8-4-7-3-1-2-6(10-7)9-5-7/h6,8H,1-5H2/t6-,7-/m1/s1. The molecule has 0 unspecified atom stereocenters. The third-order valence-corrected chi connectivity index (χ3v) is 2.27. The zero-order valence-corrected chi connectivity index (χ0v) is 5.88. The SMILES string of the molecule is OC[C@]12CCC[C@H](OC1)O2. The van der Waals surface area contributed by atoms with E-state index in [9.17, 15) is 0 Å². The van der Waals surface area contributed by atoms with Crippen LogP contribution in [0.4, 0.5) is 0 Å². The molecule has 2 bridgehead atoms. The molecule has 0 radical (unpaired) electrons. The molecule has 58 valence electrons. The van der Waals surface area contributed by atoms with Crippen molar-refractivity contribution in [2.45, 2.75) is 31.2 Å². The van der Waals surface area contributed by atoms with Crippen LogP contribution in [-0.2, 0) is 9.47 Å². The van der Waals surface area contributed by atoms with Crippen molar-refractivity contribution in [3.63, 3.8) is 0 Å². The van der Waals surface area contributed by atoms with Gasteiger partial charge in [0.25, 0.3) is 0 Å². The van der Waals surface area contributed by atoms with Gasteiger partial charge in [-0.25, -0.2) is 0 Å². The highest BCUT2D eigenvalue weighted by Crippen LogP contribution is 2.35. The van der Waals surface area contributed by atoms with Gasteiger partial charge in [0.15, 0.2) is 6.29 Å². The van der Waals surface area contributed by atoms with Crippen LogP contribution in [0.3, 0.4) is 0 Å². The predicted octanol–water partition coefficient (Wildman–Crippen LogP) is 0.274. The summed E-state index contributed by atoms with van der Waals surface area (Å²) in [6, 6.07) is 0. The first-order chi connectivity index (χ1) is 4.85. The fourth-order valence-corrected chi connectivity index (χ4v) is 1.62. The fraction of sp³-hybridized carbons (Fsp3) is 1.00. The summed E-state index contributed by atoms with van der Waals surface area (Å²) in [5.41, 5.74) is -0.330. The molecule has 3 nitrogen and oxygen atoms in total. The van der Waals surface area contributed by atoms with Gasteiger partial charge < -0.3 is 14.6 Å². The second-order valence-corrected chi connectivity index (χ2v) is 3.09. The Labute approximate surface area is 59.9 Å². The second kappa shape index (κ2) is 2.19. The van der Waals surface area contributed by atoms with Crippen LogP contribution in [0.1, 0.15) is 19.3 Å². The molecule has 0 aromatic heterocycles. The fourth-order valence-electron chi connectivity index (χ4n) is 1.62. The molecule has 2 aliphatic heterocycles. The van der Waals surface area contributed by atoms with Crippen molar-refractivity contribution in [1.82, 2.24) is 0 Å². The minimum absolute atomic E-state index is 0.0269. The summed E-state index contributed by atoms with van der Waals surface area (Å²) in [5, 5.41) is 8.96. The van der Waals surface area contributed by atoms with E-state index >= 15 is 0 Å². The van der Waals surface area contributed by atoms with E-state index in [0.29, 0.717) is 6.61 Å². The number of fused-ring (bicyclic) bond motifs is 2. The maximum Gasteiger partial charge on any atom is 0.158 e. The van der Waals surface area contributed by atoms with Crippen molar-refractivity contribution in [2.24, 2.45) is 0 Å². The first-order valence-corrected chi connectivity index (χ1v) is 3.75. The topological polar surface area (TPSA) is 38.7 Å². The molecule has 1 N–H and O–H groups in total. The quantitative estimate of drug-likeness (QED) is 0.574. The van der Waals surface area contributed by atoms with Crippen molar-refractivity contribution < 1.29 is 14.6 Å². The summed E-state index contributed by atoms with van der Waals surface area (Å²) in [7, 11) is 0.